The summed E-state index contributed by atoms with van der Waals surface area (Å²) >= 11 is 0. The molecule has 2 aromatic carbocycles. The van der Waals surface area contributed by atoms with Crippen molar-refractivity contribution in [2.45, 2.75) is 13.0 Å². The average Bonchev–Trinajstić information content (AvgIpc) is 2.65. The third-order valence-corrected chi connectivity index (χ3v) is 3.87. The Morgan fingerprint density at radius 2 is 2.00 bits per heavy atom. The molecule has 26 heavy (non-hydrogen) atoms. The van der Waals surface area contributed by atoms with Crippen molar-refractivity contribution >= 4 is 6.03 Å². The molecule has 3 rings (SSSR count). The summed E-state index contributed by atoms with van der Waals surface area (Å²) in [4.78, 5) is 12.0. The first-order chi connectivity index (χ1) is 12.6. The lowest BCUT2D eigenvalue weighted by Crippen LogP contribution is -2.39. The topological polar surface area (TPSA) is 68.8 Å². The summed E-state index contributed by atoms with van der Waals surface area (Å²) in [6.45, 7) is 3.49. The number of carbonyl (C=O) groups is 1. The zero-order valence-electron chi connectivity index (χ0n) is 14.5. The highest BCUT2D eigenvalue weighted by Gasteiger charge is 2.15. The normalized spacial score (nSPS) is 13.6. The smallest absolute Gasteiger partial charge is 0.315 e. The lowest BCUT2D eigenvalue weighted by molar-refractivity contribution is 0.171. The van der Waals surface area contributed by atoms with E-state index in [0.29, 0.717) is 37.0 Å². The summed E-state index contributed by atoms with van der Waals surface area (Å²) in [5, 5.41) is 5.55. The van der Waals surface area contributed by atoms with E-state index < -0.39 is 0 Å². The zero-order valence-corrected chi connectivity index (χ0v) is 14.5. The quantitative estimate of drug-likeness (QED) is 0.777. The van der Waals surface area contributed by atoms with E-state index >= 15 is 0 Å². The third kappa shape index (κ3) is 4.78. The molecule has 0 spiro atoms. The van der Waals surface area contributed by atoms with Crippen molar-refractivity contribution in [3.63, 3.8) is 0 Å². The van der Waals surface area contributed by atoms with Gasteiger partial charge in [-0.2, -0.15) is 0 Å². The molecule has 1 aliphatic rings. The molecule has 2 aromatic rings. The van der Waals surface area contributed by atoms with Gasteiger partial charge in [-0.1, -0.05) is 12.1 Å². The molecule has 1 atom stereocenters. The molecule has 0 aliphatic carbocycles. The Morgan fingerprint density at radius 1 is 1.19 bits per heavy atom. The van der Waals surface area contributed by atoms with E-state index in [0.717, 1.165) is 5.56 Å². The van der Waals surface area contributed by atoms with Crippen LogP contribution in [0.25, 0.3) is 0 Å². The molecule has 0 fully saturated rings. The van der Waals surface area contributed by atoms with Crippen molar-refractivity contribution in [1.29, 1.82) is 0 Å². The third-order valence-electron chi connectivity index (χ3n) is 3.87. The van der Waals surface area contributed by atoms with Gasteiger partial charge in [0.05, 0.1) is 12.6 Å². The average molecular weight is 360 g/mol. The van der Waals surface area contributed by atoms with Crippen LogP contribution in [0.3, 0.4) is 0 Å². The Morgan fingerprint density at radius 3 is 2.81 bits per heavy atom. The lowest BCUT2D eigenvalue weighted by Gasteiger charge is -2.21. The van der Waals surface area contributed by atoms with Crippen LogP contribution in [0.15, 0.2) is 42.5 Å². The standard InChI is InChI=1S/C19H21FN2O4/c1-13(14-5-6-17-18(11-14)26-10-9-25-17)22-19(23)21-7-8-24-16-4-2-3-15(20)12-16/h2-6,11-13H,7-10H2,1H3,(H2,21,22,23). The summed E-state index contributed by atoms with van der Waals surface area (Å²) in [7, 11) is 0. The lowest BCUT2D eigenvalue weighted by atomic mass is 10.1. The van der Waals surface area contributed by atoms with Crippen molar-refractivity contribution in [3.05, 3.63) is 53.8 Å². The Balaban J connectivity index is 1.42. The highest BCUT2D eigenvalue weighted by molar-refractivity contribution is 5.74. The van der Waals surface area contributed by atoms with Crippen LogP contribution in [0.5, 0.6) is 17.2 Å². The van der Waals surface area contributed by atoms with Gasteiger partial charge >= 0.3 is 6.03 Å². The molecule has 0 saturated carbocycles. The fraction of sp³-hybridized carbons (Fsp3) is 0.316. The van der Waals surface area contributed by atoms with Gasteiger partial charge < -0.3 is 24.8 Å². The van der Waals surface area contributed by atoms with Crippen LogP contribution < -0.4 is 24.8 Å². The van der Waals surface area contributed by atoms with E-state index in [2.05, 4.69) is 10.6 Å². The number of carbonyl (C=O) groups excluding carboxylic acids is 1. The van der Waals surface area contributed by atoms with Crippen molar-refractivity contribution < 1.29 is 23.4 Å². The van der Waals surface area contributed by atoms with Crippen LogP contribution in [-0.4, -0.2) is 32.4 Å². The van der Waals surface area contributed by atoms with Gasteiger partial charge in [0.2, 0.25) is 0 Å². The van der Waals surface area contributed by atoms with Gasteiger partial charge in [-0.15, -0.1) is 0 Å². The largest absolute Gasteiger partial charge is 0.492 e. The molecular weight excluding hydrogens is 339 g/mol. The SMILES string of the molecule is CC(NC(=O)NCCOc1cccc(F)c1)c1ccc2c(c1)OCCO2. The number of nitrogens with one attached hydrogen (secondary N) is 2. The Kier molecular flexibility index (Phi) is 5.78. The molecule has 0 aromatic heterocycles. The van der Waals surface area contributed by atoms with Gasteiger partial charge in [0.25, 0.3) is 0 Å². The van der Waals surface area contributed by atoms with Gasteiger partial charge in [0.1, 0.15) is 31.4 Å². The van der Waals surface area contributed by atoms with E-state index in [4.69, 9.17) is 14.2 Å². The van der Waals surface area contributed by atoms with E-state index in [1.165, 1.54) is 12.1 Å². The van der Waals surface area contributed by atoms with Gasteiger partial charge in [0, 0.05) is 6.07 Å². The van der Waals surface area contributed by atoms with Crippen LogP contribution in [0, 0.1) is 5.82 Å². The van der Waals surface area contributed by atoms with Crippen LogP contribution in [0.4, 0.5) is 9.18 Å². The minimum Gasteiger partial charge on any atom is -0.492 e. The van der Waals surface area contributed by atoms with E-state index in [1.807, 2.05) is 25.1 Å². The molecule has 6 nitrogen and oxygen atoms in total. The Labute approximate surface area is 151 Å². The molecular formula is C19H21FN2O4. The van der Waals surface area contributed by atoms with Crippen molar-refractivity contribution in [2.24, 2.45) is 0 Å². The van der Waals surface area contributed by atoms with Crippen molar-refractivity contribution in [1.82, 2.24) is 10.6 Å². The molecule has 0 saturated heterocycles. The second-order valence-electron chi connectivity index (χ2n) is 5.83. The molecule has 0 bridgehead atoms. The number of halogens is 1. The van der Waals surface area contributed by atoms with Crippen LogP contribution in [-0.2, 0) is 0 Å². The van der Waals surface area contributed by atoms with E-state index in [1.54, 1.807) is 12.1 Å². The molecule has 1 unspecified atom stereocenters. The minimum absolute atomic E-state index is 0.199. The van der Waals surface area contributed by atoms with E-state index in [9.17, 15) is 9.18 Å². The number of amides is 2. The molecule has 7 heteroatoms. The first-order valence-electron chi connectivity index (χ1n) is 8.44. The van der Waals surface area contributed by atoms with Gasteiger partial charge in [-0.25, -0.2) is 9.18 Å². The first kappa shape index (κ1) is 17.8. The highest BCUT2D eigenvalue weighted by Crippen LogP contribution is 2.32. The molecule has 2 amide bonds. The predicted octanol–water partition coefficient (Wildman–Crippen LogP) is 3.04. The molecule has 2 N–H and O–H groups in total. The van der Waals surface area contributed by atoms with Gasteiger partial charge in [-0.3, -0.25) is 0 Å². The monoisotopic (exact) mass is 360 g/mol. The van der Waals surface area contributed by atoms with E-state index in [-0.39, 0.29) is 24.5 Å². The minimum atomic E-state index is -0.360. The summed E-state index contributed by atoms with van der Waals surface area (Å²) in [5.74, 6) is 1.47. The molecule has 0 radical (unpaired) electrons. The highest BCUT2D eigenvalue weighted by atomic mass is 19.1. The molecule has 1 aliphatic heterocycles. The summed E-state index contributed by atoms with van der Waals surface area (Å²) in [6.07, 6.45) is 0. The fourth-order valence-corrected chi connectivity index (χ4v) is 2.55. The number of rotatable bonds is 6. The summed E-state index contributed by atoms with van der Waals surface area (Å²) in [5.41, 5.74) is 0.917. The summed E-state index contributed by atoms with van der Waals surface area (Å²) < 4.78 is 29.5. The fourth-order valence-electron chi connectivity index (χ4n) is 2.55. The van der Waals surface area contributed by atoms with Crippen molar-refractivity contribution in [2.75, 3.05) is 26.4 Å². The molecule has 1 heterocycles. The Bertz CT molecular complexity index is 769. The maximum atomic E-state index is 13.0. The summed E-state index contributed by atoms with van der Waals surface area (Å²) in [6, 6.07) is 11.0. The number of urea groups is 1. The van der Waals surface area contributed by atoms with Gasteiger partial charge in [0.15, 0.2) is 11.5 Å². The van der Waals surface area contributed by atoms with Gasteiger partial charge in [-0.05, 0) is 36.8 Å². The molecule has 138 valence electrons. The number of hydrogen-bond donors (Lipinski definition) is 2. The number of fused-ring (bicyclic) bond motifs is 1. The maximum Gasteiger partial charge on any atom is 0.315 e. The zero-order chi connectivity index (χ0) is 18.4. The number of ether oxygens (including phenoxy) is 3. The van der Waals surface area contributed by atoms with Crippen LogP contribution >= 0.6 is 0 Å². The maximum absolute atomic E-state index is 13.0. The van der Waals surface area contributed by atoms with Crippen molar-refractivity contribution in [3.8, 4) is 17.2 Å². The second-order valence-corrected chi connectivity index (χ2v) is 5.83. The number of hydrogen-bond acceptors (Lipinski definition) is 4. The van der Waals surface area contributed by atoms with Crippen LogP contribution in [0.2, 0.25) is 0 Å². The first-order valence-corrected chi connectivity index (χ1v) is 8.44. The Hall–Kier alpha value is -2.96. The predicted molar refractivity (Wildman–Crippen MR) is 94.3 cm³/mol. The van der Waals surface area contributed by atoms with Crippen LogP contribution in [0.1, 0.15) is 18.5 Å². The second kappa shape index (κ2) is 8.42. The number of benzene rings is 2.